The number of anilines is 2. The standard InChI is InChI=1S/C24H28N2O5/c1-15(2)31-20-9-7-19(8-10-20)26-13-18(12-23(26)28)24(29)30-14-22(27)25-21-11-16(3)5-6-17(21)4/h5-11,15,18H,12-14H2,1-4H3,(H,25,27)/t18-/m1/s1. The number of aryl methyl sites for hydroxylation is 2. The average Bonchev–Trinajstić information content (AvgIpc) is 3.11. The van der Waals surface area contributed by atoms with Gasteiger partial charge in [-0.3, -0.25) is 14.4 Å². The Bertz CT molecular complexity index is 968. The Hall–Kier alpha value is -3.35. The quantitative estimate of drug-likeness (QED) is 0.686. The lowest BCUT2D eigenvalue weighted by molar-refractivity contribution is -0.151. The monoisotopic (exact) mass is 424 g/mol. The molecule has 7 heteroatoms. The molecule has 2 amide bonds. The Morgan fingerprint density at radius 1 is 1.13 bits per heavy atom. The van der Waals surface area contributed by atoms with Crippen molar-refractivity contribution in [2.24, 2.45) is 5.92 Å². The Labute approximate surface area is 182 Å². The molecule has 0 aliphatic carbocycles. The maximum atomic E-state index is 12.4. The number of ether oxygens (including phenoxy) is 2. The van der Waals surface area contributed by atoms with Crippen molar-refractivity contribution in [3.63, 3.8) is 0 Å². The van der Waals surface area contributed by atoms with Crippen LogP contribution in [-0.4, -0.2) is 37.0 Å². The lowest BCUT2D eigenvalue weighted by Crippen LogP contribution is -2.28. The van der Waals surface area contributed by atoms with Gasteiger partial charge in [-0.1, -0.05) is 12.1 Å². The van der Waals surface area contributed by atoms with Gasteiger partial charge in [-0.25, -0.2) is 0 Å². The van der Waals surface area contributed by atoms with Crippen molar-refractivity contribution in [2.75, 3.05) is 23.4 Å². The summed E-state index contributed by atoms with van der Waals surface area (Å²) in [6, 6.07) is 12.9. The second-order valence-electron chi connectivity index (χ2n) is 8.04. The molecule has 1 atom stereocenters. The molecule has 2 aromatic rings. The maximum Gasteiger partial charge on any atom is 0.311 e. The van der Waals surface area contributed by atoms with Crippen LogP contribution in [0, 0.1) is 19.8 Å². The molecular weight excluding hydrogens is 396 g/mol. The molecule has 1 heterocycles. The Kier molecular flexibility index (Phi) is 6.95. The summed E-state index contributed by atoms with van der Waals surface area (Å²) in [5, 5.41) is 2.75. The molecule has 0 saturated carbocycles. The molecule has 164 valence electrons. The van der Waals surface area contributed by atoms with E-state index in [2.05, 4.69) is 5.32 Å². The molecule has 1 aliphatic heterocycles. The molecular formula is C24H28N2O5. The molecule has 1 N–H and O–H groups in total. The minimum Gasteiger partial charge on any atom is -0.491 e. The smallest absolute Gasteiger partial charge is 0.311 e. The lowest BCUT2D eigenvalue weighted by atomic mass is 10.1. The summed E-state index contributed by atoms with van der Waals surface area (Å²) in [7, 11) is 0. The lowest BCUT2D eigenvalue weighted by Gasteiger charge is -2.17. The van der Waals surface area contributed by atoms with E-state index in [0.29, 0.717) is 11.4 Å². The molecule has 0 unspecified atom stereocenters. The van der Waals surface area contributed by atoms with Crippen LogP contribution in [0.1, 0.15) is 31.4 Å². The molecule has 7 nitrogen and oxygen atoms in total. The van der Waals surface area contributed by atoms with Gasteiger partial charge in [-0.05, 0) is 69.2 Å². The zero-order valence-corrected chi connectivity index (χ0v) is 18.3. The van der Waals surface area contributed by atoms with Crippen molar-refractivity contribution in [3.8, 4) is 5.75 Å². The number of carbonyl (C=O) groups is 3. The van der Waals surface area contributed by atoms with Gasteiger partial charge in [0.05, 0.1) is 12.0 Å². The van der Waals surface area contributed by atoms with Gasteiger partial charge < -0.3 is 19.7 Å². The van der Waals surface area contributed by atoms with Gasteiger partial charge >= 0.3 is 5.97 Å². The van der Waals surface area contributed by atoms with Gasteiger partial charge in [0.2, 0.25) is 5.91 Å². The molecule has 0 spiro atoms. The highest BCUT2D eigenvalue weighted by Gasteiger charge is 2.36. The molecule has 1 saturated heterocycles. The SMILES string of the molecule is Cc1ccc(C)c(NC(=O)COC(=O)[C@@H]2CC(=O)N(c3ccc(OC(C)C)cc3)C2)c1. The number of carbonyl (C=O) groups excluding carboxylic acids is 3. The van der Waals surface area contributed by atoms with Crippen molar-refractivity contribution >= 4 is 29.2 Å². The fourth-order valence-corrected chi connectivity index (χ4v) is 3.40. The fourth-order valence-electron chi connectivity index (χ4n) is 3.40. The first-order valence-corrected chi connectivity index (χ1v) is 10.3. The summed E-state index contributed by atoms with van der Waals surface area (Å²) in [5.41, 5.74) is 3.33. The zero-order valence-electron chi connectivity index (χ0n) is 18.3. The third-order valence-corrected chi connectivity index (χ3v) is 4.99. The van der Waals surface area contributed by atoms with E-state index in [1.165, 1.54) is 0 Å². The Balaban J connectivity index is 1.53. The fraction of sp³-hybridized carbons (Fsp3) is 0.375. The van der Waals surface area contributed by atoms with Crippen molar-refractivity contribution in [1.29, 1.82) is 0 Å². The minimum absolute atomic E-state index is 0.0572. The molecule has 0 radical (unpaired) electrons. The number of nitrogens with one attached hydrogen (secondary N) is 1. The Morgan fingerprint density at radius 2 is 1.84 bits per heavy atom. The van der Waals surface area contributed by atoms with Crippen molar-refractivity contribution in [2.45, 2.75) is 40.2 Å². The zero-order chi connectivity index (χ0) is 22.5. The predicted octanol–water partition coefficient (Wildman–Crippen LogP) is 3.63. The van der Waals surface area contributed by atoms with Crippen LogP contribution in [0.15, 0.2) is 42.5 Å². The van der Waals surface area contributed by atoms with E-state index in [9.17, 15) is 14.4 Å². The van der Waals surface area contributed by atoms with Crippen LogP contribution in [0.4, 0.5) is 11.4 Å². The largest absolute Gasteiger partial charge is 0.491 e. The average molecular weight is 424 g/mol. The van der Waals surface area contributed by atoms with E-state index in [4.69, 9.17) is 9.47 Å². The van der Waals surface area contributed by atoms with Gasteiger partial charge in [-0.15, -0.1) is 0 Å². The molecule has 3 rings (SSSR count). The van der Waals surface area contributed by atoms with E-state index in [0.717, 1.165) is 16.9 Å². The second kappa shape index (κ2) is 9.64. The van der Waals surface area contributed by atoms with Gasteiger partial charge in [-0.2, -0.15) is 0 Å². The van der Waals surface area contributed by atoms with E-state index < -0.39 is 24.4 Å². The third kappa shape index (κ3) is 5.84. The highest BCUT2D eigenvalue weighted by atomic mass is 16.5. The number of hydrogen-bond acceptors (Lipinski definition) is 5. The first kappa shape index (κ1) is 22.3. The van der Waals surface area contributed by atoms with Crippen LogP contribution in [0.5, 0.6) is 5.75 Å². The molecule has 0 bridgehead atoms. The Morgan fingerprint density at radius 3 is 2.52 bits per heavy atom. The summed E-state index contributed by atoms with van der Waals surface area (Å²) in [6.45, 7) is 7.54. The number of rotatable bonds is 7. The van der Waals surface area contributed by atoms with Crippen LogP contribution in [0.25, 0.3) is 0 Å². The van der Waals surface area contributed by atoms with E-state index in [1.807, 2.05) is 45.9 Å². The van der Waals surface area contributed by atoms with Crippen LogP contribution >= 0.6 is 0 Å². The summed E-state index contributed by atoms with van der Waals surface area (Å²) in [6.07, 6.45) is 0.118. The number of esters is 1. The molecule has 1 fully saturated rings. The molecule has 31 heavy (non-hydrogen) atoms. The maximum absolute atomic E-state index is 12.4. The van der Waals surface area contributed by atoms with Gasteiger partial charge in [0, 0.05) is 24.3 Å². The first-order chi connectivity index (χ1) is 14.7. The van der Waals surface area contributed by atoms with Crippen molar-refractivity contribution < 1.29 is 23.9 Å². The minimum atomic E-state index is -0.604. The summed E-state index contributed by atoms with van der Waals surface area (Å²) in [4.78, 5) is 38.6. The van der Waals surface area contributed by atoms with Crippen LogP contribution in [0.2, 0.25) is 0 Å². The normalized spacial score (nSPS) is 15.8. The van der Waals surface area contributed by atoms with Crippen LogP contribution in [0.3, 0.4) is 0 Å². The first-order valence-electron chi connectivity index (χ1n) is 10.3. The van der Waals surface area contributed by atoms with Crippen LogP contribution in [-0.2, 0) is 19.1 Å². The van der Waals surface area contributed by atoms with Crippen LogP contribution < -0.4 is 15.0 Å². The number of benzene rings is 2. The topological polar surface area (TPSA) is 84.9 Å². The number of hydrogen-bond donors (Lipinski definition) is 1. The number of nitrogens with zero attached hydrogens (tertiary/aromatic N) is 1. The van der Waals surface area contributed by atoms with E-state index in [1.54, 1.807) is 29.2 Å². The molecule has 0 aromatic heterocycles. The van der Waals surface area contributed by atoms with Crippen molar-refractivity contribution in [3.05, 3.63) is 53.6 Å². The second-order valence-corrected chi connectivity index (χ2v) is 8.04. The molecule has 1 aliphatic rings. The summed E-state index contributed by atoms with van der Waals surface area (Å²) in [5.74, 6) is -1.00. The van der Waals surface area contributed by atoms with Crippen molar-refractivity contribution in [1.82, 2.24) is 0 Å². The highest BCUT2D eigenvalue weighted by Crippen LogP contribution is 2.28. The van der Waals surface area contributed by atoms with Gasteiger partial charge in [0.25, 0.3) is 5.91 Å². The van der Waals surface area contributed by atoms with Gasteiger partial charge in [0.1, 0.15) is 5.75 Å². The molecule has 2 aromatic carbocycles. The summed E-state index contributed by atoms with van der Waals surface area (Å²) < 4.78 is 10.8. The van der Waals surface area contributed by atoms with E-state index >= 15 is 0 Å². The summed E-state index contributed by atoms with van der Waals surface area (Å²) >= 11 is 0. The number of amides is 2. The third-order valence-electron chi connectivity index (χ3n) is 4.99. The van der Waals surface area contributed by atoms with E-state index in [-0.39, 0.29) is 25.0 Å². The predicted molar refractivity (Wildman–Crippen MR) is 118 cm³/mol. The van der Waals surface area contributed by atoms with Gasteiger partial charge in [0.15, 0.2) is 6.61 Å². The highest BCUT2D eigenvalue weighted by molar-refractivity contribution is 6.00.